The molecule has 0 saturated heterocycles. The van der Waals surface area contributed by atoms with E-state index in [1.54, 1.807) is 0 Å². The van der Waals surface area contributed by atoms with Gasteiger partial charge in [-0.3, -0.25) is 4.79 Å². The Kier molecular flexibility index (Phi) is 4.79. The summed E-state index contributed by atoms with van der Waals surface area (Å²) in [5.74, 6) is -0.0660. The molecule has 1 amide bonds. The first-order valence-electron chi connectivity index (χ1n) is 4.38. The molecule has 1 N–H and O–H groups in total. The van der Waals surface area contributed by atoms with Crippen molar-refractivity contribution in [1.29, 1.82) is 0 Å². The van der Waals surface area contributed by atoms with Gasteiger partial charge in [0, 0.05) is 14.6 Å². The van der Waals surface area contributed by atoms with Crippen LogP contribution in [0.25, 0.3) is 0 Å². The Morgan fingerprint density at radius 2 is 2.27 bits per heavy atom. The fourth-order valence-electron chi connectivity index (χ4n) is 0.998. The first-order valence-corrected chi connectivity index (χ1v) is 6.25. The number of carbonyl (C=O) groups excluding carboxylic acids is 1. The molecule has 0 aromatic heterocycles. The molecule has 0 bridgehead atoms. The van der Waals surface area contributed by atoms with Gasteiger partial charge in [-0.2, -0.15) is 0 Å². The molecule has 80 valence electrons. The van der Waals surface area contributed by atoms with Crippen LogP contribution in [0, 0.1) is 3.57 Å². The van der Waals surface area contributed by atoms with Gasteiger partial charge in [0.25, 0.3) is 5.91 Å². The molecular weight excluding hydrogens is 369 g/mol. The van der Waals surface area contributed by atoms with E-state index < -0.39 is 0 Å². The second-order valence-electron chi connectivity index (χ2n) is 3.26. The summed E-state index contributed by atoms with van der Waals surface area (Å²) in [4.78, 5) is 11.7. The number of benzene rings is 1. The fraction of sp³-hybridized carbons (Fsp3) is 0.182. The predicted octanol–water partition coefficient (Wildman–Crippen LogP) is 3.36. The highest BCUT2D eigenvalue weighted by Crippen LogP contribution is 2.18. The number of amides is 1. The van der Waals surface area contributed by atoms with Gasteiger partial charge in [-0.15, -0.1) is 0 Å². The van der Waals surface area contributed by atoms with E-state index in [1.165, 1.54) is 0 Å². The van der Waals surface area contributed by atoms with E-state index in [0.717, 1.165) is 13.6 Å². The Balaban J connectivity index is 2.81. The average Bonchev–Trinajstić information content (AvgIpc) is 2.18. The van der Waals surface area contributed by atoms with Crippen LogP contribution >= 0.6 is 38.5 Å². The number of hydrogen-bond acceptors (Lipinski definition) is 1. The lowest BCUT2D eigenvalue weighted by Gasteiger charge is -2.06. The zero-order chi connectivity index (χ0) is 11.4. The van der Waals surface area contributed by atoms with Crippen molar-refractivity contribution < 1.29 is 4.79 Å². The maximum absolute atomic E-state index is 11.7. The Labute approximate surface area is 111 Å². The smallest absolute Gasteiger partial charge is 0.252 e. The van der Waals surface area contributed by atoms with Crippen LogP contribution in [0.5, 0.6) is 0 Å². The maximum Gasteiger partial charge on any atom is 0.252 e. The summed E-state index contributed by atoms with van der Waals surface area (Å²) < 4.78 is 1.85. The molecule has 0 atom stereocenters. The summed E-state index contributed by atoms with van der Waals surface area (Å²) in [6, 6.07) is 5.63. The van der Waals surface area contributed by atoms with Crippen LogP contribution in [0.1, 0.15) is 17.3 Å². The third kappa shape index (κ3) is 3.95. The Morgan fingerprint density at radius 3 is 2.87 bits per heavy atom. The summed E-state index contributed by atoms with van der Waals surface area (Å²) in [5, 5.41) is 2.80. The number of halogens is 2. The van der Waals surface area contributed by atoms with Gasteiger partial charge in [0.2, 0.25) is 0 Å². The Bertz CT molecular complexity index is 404. The third-order valence-electron chi connectivity index (χ3n) is 1.72. The average molecular weight is 380 g/mol. The van der Waals surface area contributed by atoms with Crippen molar-refractivity contribution in [2.45, 2.75) is 6.92 Å². The van der Waals surface area contributed by atoms with E-state index in [0.29, 0.717) is 12.1 Å². The topological polar surface area (TPSA) is 29.1 Å². The first kappa shape index (κ1) is 12.7. The lowest BCUT2D eigenvalue weighted by Crippen LogP contribution is -2.25. The van der Waals surface area contributed by atoms with E-state index in [9.17, 15) is 4.79 Å². The minimum Gasteiger partial charge on any atom is -0.348 e. The van der Waals surface area contributed by atoms with Gasteiger partial charge in [0.05, 0.1) is 5.56 Å². The molecule has 0 spiro atoms. The van der Waals surface area contributed by atoms with Crippen LogP contribution in [0.2, 0.25) is 0 Å². The molecule has 0 unspecified atom stereocenters. The summed E-state index contributed by atoms with van der Waals surface area (Å²) >= 11 is 5.49. The van der Waals surface area contributed by atoms with Crippen LogP contribution in [0.3, 0.4) is 0 Å². The molecule has 0 aliphatic heterocycles. The lowest BCUT2D eigenvalue weighted by atomic mass is 10.2. The van der Waals surface area contributed by atoms with E-state index in [1.807, 2.05) is 25.1 Å². The Morgan fingerprint density at radius 1 is 1.60 bits per heavy atom. The molecule has 0 fully saturated rings. The largest absolute Gasteiger partial charge is 0.348 e. The molecule has 4 heteroatoms. The molecule has 2 nitrogen and oxygen atoms in total. The highest BCUT2D eigenvalue weighted by Gasteiger charge is 2.09. The molecule has 0 radical (unpaired) electrons. The zero-order valence-corrected chi connectivity index (χ0v) is 12.1. The molecule has 1 rings (SSSR count). The number of rotatable bonds is 3. The minimum absolute atomic E-state index is 0.0660. The second-order valence-corrected chi connectivity index (χ2v) is 5.34. The highest BCUT2D eigenvalue weighted by molar-refractivity contribution is 14.1. The van der Waals surface area contributed by atoms with Crippen molar-refractivity contribution in [2.24, 2.45) is 0 Å². The summed E-state index contributed by atoms with van der Waals surface area (Å²) in [7, 11) is 0. The maximum atomic E-state index is 11.7. The minimum atomic E-state index is -0.0660. The van der Waals surface area contributed by atoms with Gasteiger partial charge < -0.3 is 5.32 Å². The van der Waals surface area contributed by atoms with Crippen LogP contribution in [0.15, 0.2) is 34.8 Å². The van der Waals surface area contributed by atoms with Gasteiger partial charge in [-0.25, -0.2) is 0 Å². The Hall–Kier alpha value is -0.360. The van der Waals surface area contributed by atoms with Gasteiger partial charge in [0.1, 0.15) is 0 Å². The molecule has 15 heavy (non-hydrogen) atoms. The molecular formula is C11H11BrINO. The van der Waals surface area contributed by atoms with Crippen LogP contribution < -0.4 is 5.32 Å². The van der Waals surface area contributed by atoms with Crippen molar-refractivity contribution in [3.63, 3.8) is 0 Å². The number of nitrogens with one attached hydrogen (secondary N) is 1. The SMILES string of the molecule is C=C(C)CNC(=O)c1cc(Br)ccc1I. The fourth-order valence-corrected chi connectivity index (χ4v) is 1.94. The van der Waals surface area contributed by atoms with E-state index in [-0.39, 0.29) is 5.91 Å². The van der Waals surface area contributed by atoms with Crippen molar-refractivity contribution in [2.75, 3.05) is 6.54 Å². The third-order valence-corrected chi connectivity index (χ3v) is 3.16. The van der Waals surface area contributed by atoms with E-state index in [2.05, 4.69) is 50.4 Å². The van der Waals surface area contributed by atoms with Crippen molar-refractivity contribution in [1.82, 2.24) is 5.32 Å². The molecule has 0 heterocycles. The molecule has 1 aromatic carbocycles. The van der Waals surface area contributed by atoms with Gasteiger partial charge in [-0.1, -0.05) is 28.1 Å². The van der Waals surface area contributed by atoms with Crippen molar-refractivity contribution in [3.05, 3.63) is 44.0 Å². The molecule has 0 saturated carbocycles. The summed E-state index contributed by atoms with van der Waals surface area (Å²) in [6.45, 7) is 6.13. The normalized spacial score (nSPS) is 9.80. The van der Waals surface area contributed by atoms with Gasteiger partial charge in [-0.05, 0) is 47.7 Å². The second kappa shape index (κ2) is 5.65. The quantitative estimate of drug-likeness (QED) is 0.633. The summed E-state index contributed by atoms with van der Waals surface area (Å²) in [6.07, 6.45) is 0. The number of carbonyl (C=O) groups is 1. The molecule has 1 aromatic rings. The first-order chi connectivity index (χ1) is 7.00. The number of hydrogen-bond donors (Lipinski definition) is 1. The zero-order valence-electron chi connectivity index (χ0n) is 8.31. The van der Waals surface area contributed by atoms with Crippen LogP contribution in [0.4, 0.5) is 0 Å². The molecule has 0 aliphatic rings. The van der Waals surface area contributed by atoms with Crippen molar-refractivity contribution in [3.8, 4) is 0 Å². The van der Waals surface area contributed by atoms with Gasteiger partial charge in [0.15, 0.2) is 0 Å². The monoisotopic (exact) mass is 379 g/mol. The van der Waals surface area contributed by atoms with Crippen molar-refractivity contribution >= 4 is 44.4 Å². The van der Waals surface area contributed by atoms with Gasteiger partial charge >= 0.3 is 0 Å². The predicted molar refractivity (Wildman–Crippen MR) is 74.0 cm³/mol. The standard InChI is InChI=1S/C11H11BrINO/c1-7(2)6-14-11(15)9-5-8(12)3-4-10(9)13/h3-5H,1,6H2,2H3,(H,14,15). The van der Waals surface area contributed by atoms with Crippen LogP contribution in [-0.4, -0.2) is 12.5 Å². The highest BCUT2D eigenvalue weighted by atomic mass is 127. The van der Waals surface area contributed by atoms with E-state index >= 15 is 0 Å². The van der Waals surface area contributed by atoms with Crippen LogP contribution in [-0.2, 0) is 0 Å². The molecule has 0 aliphatic carbocycles. The lowest BCUT2D eigenvalue weighted by molar-refractivity contribution is 0.0956. The summed E-state index contributed by atoms with van der Waals surface area (Å²) in [5.41, 5.74) is 1.62. The van der Waals surface area contributed by atoms with E-state index in [4.69, 9.17) is 0 Å².